The van der Waals surface area contributed by atoms with Crippen LogP contribution in [-0.4, -0.2) is 29.7 Å². The van der Waals surface area contributed by atoms with Crippen molar-refractivity contribution in [2.24, 2.45) is 7.05 Å². The summed E-state index contributed by atoms with van der Waals surface area (Å²) in [6, 6.07) is 13.7. The third-order valence-corrected chi connectivity index (χ3v) is 6.66. The second-order valence-electron chi connectivity index (χ2n) is 7.72. The maximum atomic E-state index is 13.1. The maximum Gasteiger partial charge on any atom is 0.279 e. The van der Waals surface area contributed by atoms with Crippen LogP contribution in [0.25, 0.3) is 0 Å². The molecule has 1 atom stereocenters. The molecule has 1 N–H and O–H groups in total. The molecule has 32 heavy (non-hydrogen) atoms. The number of hydrogen-bond acceptors (Lipinski definition) is 6. The van der Waals surface area contributed by atoms with Crippen LogP contribution in [0.5, 0.6) is 11.5 Å². The predicted octanol–water partition coefficient (Wildman–Crippen LogP) is 3.87. The number of hydrogen-bond donors (Lipinski definition) is 1. The van der Waals surface area contributed by atoms with E-state index in [0.29, 0.717) is 33.8 Å². The Morgan fingerprint density at radius 3 is 2.62 bits per heavy atom. The third kappa shape index (κ3) is 4.23. The number of aryl methyl sites for hydroxylation is 1. The molecule has 7 nitrogen and oxygen atoms in total. The van der Waals surface area contributed by atoms with Gasteiger partial charge < -0.3 is 19.4 Å². The van der Waals surface area contributed by atoms with E-state index in [4.69, 9.17) is 9.47 Å². The van der Waals surface area contributed by atoms with Crippen molar-refractivity contribution < 1.29 is 14.3 Å². The van der Waals surface area contributed by atoms with Crippen molar-refractivity contribution in [3.8, 4) is 11.5 Å². The van der Waals surface area contributed by atoms with Gasteiger partial charge in [-0.1, -0.05) is 47.7 Å². The lowest BCUT2D eigenvalue weighted by Crippen LogP contribution is -2.33. The number of benzene rings is 2. The van der Waals surface area contributed by atoms with Crippen molar-refractivity contribution in [1.29, 1.82) is 0 Å². The molecule has 0 bridgehead atoms. The minimum absolute atomic E-state index is 0.145. The molecule has 1 unspecified atom stereocenters. The molecule has 4 rings (SSSR count). The number of nitrogens with one attached hydrogen (secondary N) is 1. The number of ether oxygens (including phenoxy) is 2. The quantitative estimate of drug-likeness (QED) is 0.453. The van der Waals surface area contributed by atoms with Crippen LogP contribution in [0, 0.1) is 6.92 Å². The van der Waals surface area contributed by atoms with E-state index in [2.05, 4.69) is 16.4 Å². The summed E-state index contributed by atoms with van der Waals surface area (Å²) in [4.78, 5) is 30.1. The largest absolute Gasteiger partial charge is 0.493 e. The van der Waals surface area contributed by atoms with Gasteiger partial charge in [0, 0.05) is 25.1 Å². The van der Waals surface area contributed by atoms with E-state index < -0.39 is 5.92 Å². The number of rotatable bonds is 6. The van der Waals surface area contributed by atoms with Crippen molar-refractivity contribution in [2.75, 3.05) is 19.5 Å². The Labute approximate surface area is 190 Å². The first kappa shape index (κ1) is 22.0. The molecule has 2 heterocycles. The Morgan fingerprint density at radius 2 is 1.91 bits per heavy atom. The summed E-state index contributed by atoms with van der Waals surface area (Å²) in [7, 11) is 4.94. The molecule has 1 amide bonds. The van der Waals surface area contributed by atoms with Gasteiger partial charge in [-0.15, -0.1) is 0 Å². The summed E-state index contributed by atoms with van der Waals surface area (Å²) in [5.41, 5.74) is 3.29. The molecule has 3 aromatic rings. The molecule has 0 spiro atoms. The van der Waals surface area contributed by atoms with Gasteiger partial charge in [0.1, 0.15) is 5.82 Å². The minimum Gasteiger partial charge on any atom is -0.493 e. The summed E-state index contributed by atoms with van der Waals surface area (Å²) >= 11 is 1.47. The molecule has 0 saturated heterocycles. The molecule has 1 aromatic heterocycles. The van der Waals surface area contributed by atoms with E-state index in [-0.39, 0.29) is 17.9 Å². The van der Waals surface area contributed by atoms with Gasteiger partial charge >= 0.3 is 0 Å². The zero-order chi connectivity index (χ0) is 22.8. The van der Waals surface area contributed by atoms with Crippen LogP contribution in [0.1, 0.15) is 34.6 Å². The molecule has 1 aliphatic rings. The first-order valence-electron chi connectivity index (χ1n) is 10.2. The van der Waals surface area contributed by atoms with Crippen molar-refractivity contribution in [1.82, 2.24) is 9.55 Å². The van der Waals surface area contributed by atoms with Gasteiger partial charge in [-0.05, 0) is 30.2 Å². The van der Waals surface area contributed by atoms with Gasteiger partial charge in [-0.2, -0.15) is 4.98 Å². The van der Waals surface area contributed by atoms with Crippen molar-refractivity contribution in [2.45, 2.75) is 30.2 Å². The normalized spacial score (nSPS) is 15.1. The highest BCUT2D eigenvalue weighted by Gasteiger charge is 2.32. The Morgan fingerprint density at radius 1 is 1.12 bits per heavy atom. The lowest BCUT2D eigenvalue weighted by molar-refractivity contribution is -0.116. The number of carbonyl (C=O) groups is 1. The van der Waals surface area contributed by atoms with Gasteiger partial charge in [-0.25, -0.2) is 0 Å². The Hall–Kier alpha value is -3.26. The lowest BCUT2D eigenvalue weighted by atomic mass is 9.86. The molecule has 2 aromatic carbocycles. The first-order valence-corrected chi connectivity index (χ1v) is 11.2. The lowest BCUT2D eigenvalue weighted by Gasteiger charge is -2.28. The van der Waals surface area contributed by atoms with Gasteiger partial charge in [0.25, 0.3) is 5.56 Å². The molecule has 0 aliphatic carbocycles. The van der Waals surface area contributed by atoms with Crippen LogP contribution < -0.4 is 20.3 Å². The summed E-state index contributed by atoms with van der Waals surface area (Å²) in [6.45, 7) is 2.05. The molecule has 166 valence electrons. The van der Waals surface area contributed by atoms with Crippen LogP contribution in [0.2, 0.25) is 0 Å². The smallest absolute Gasteiger partial charge is 0.279 e. The molecule has 1 aliphatic heterocycles. The number of aromatic nitrogens is 2. The topological polar surface area (TPSA) is 82.5 Å². The summed E-state index contributed by atoms with van der Waals surface area (Å²) in [5, 5.41) is 3.44. The second kappa shape index (κ2) is 9.08. The maximum absolute atomic E-state index is 13.1. The molecular formula is C24H25N3O4S. The van der Waals surface area contributed by atoms with E-state index in [1.165, 1.54) is 17.3 Å². The predicted molar refractivity (Wildman–Crippen MR) is 125 cm³/mol. The first-order chi connectivity index (χ1) is 15.4. The van der Waals surface area contributed by atoms with Crippen LogP contribution in [0.15, 0.2) is 52.4 Å². The van der Waals surface area contributed by atoms with Crippen LogP contribution >= 0.6 is 11.8 Å². The number of carbonyl (C=O) groups excluding carboxylic acids is 1. The number of methoxy groups -OCH3 is 2. The molecule has 0 radical (unpaired) electrons. The van der Waals surface area contributed by atoms with E-state index in [1.54, 1.807) is 24.9 Å². The fourth-order valence-corrected chi connectivity index (χ4v) is 4.88. The van der Waals surface area contributed by atoms with Crippen molar-refractivity contribution in [3.63, 3.8) is 0 Å². The van der Waals surface area contributed by atoms with Crippen LogP contribution in [0.3, 0.4) is 0 Å². The van der Waals surface area contributed by atoms with Crippen molar-refractivity contribution >= 4 is 23.5 Å². The average Bonchev–Trinajstić information content (AvgIpc) is 2.79. The zero-order valence-corrected chi connectivity index (χ0v) is 19.3. The molecule has 0 fully saturated rings. The molecular weight excluding hydrogens is 426 g/mol. The van der Waals surface area contributed by atoms with Crippen LogP contribution in [0.4, 0.5) is 5.82 Å². The van der Waals surface area contributed by atoms with E-state index in [1.807, 2.05) is 44.3 Å². The average molecular weight is 452 g/mol. The zero-order valence-electron chi connectivity index (χ0n) is 18.5. The number of thioether (sulfide) groups is 1. The molecule has 0 saturated carbocycles. The highest BCUT2D eigenvalue weighted by atomic mass is 32.2. The highest BCUT2D eigenvalue weighted by Crippen LogP contribution is 2.39. The standard InChI is InChI=1S/C24H25N3O4S/c1-14-6-5-7-15(10-14)13-32-24-26-23(29)21-17(12-20(28)25-22(21)27(24)2)16-8-9-18(30-3)19(11-16)31-4/h5-11,17H,12-13H2,1-4H3,(H,25,28). The van der Waals surface area contributed by atoms with Crippen LogP contribution in [-0.2, 0) is 17.6 Å². The summed E-state index contributed by atoms with van der Waals surface area (Å²) < 4.78 is 12.5. The number of anilines is 1. The van der Waals surface area contributed by atoms with Gasteiger partial charge in [0.15, 0.2) is 16.7 Å². The number of amides is 1. The Kier molecular flexibility index (Phi) is 6.23. The number of fused-ring (bicyclic) bond motifs is 1. The van der Waals surface area contributed by atoms with E-state index in [9.17, 15) is 9.59 Å². The number of nitrogens with zero attached hydrogens (tertiary/aromatic N) is 2. The van der Waals surface area contributed by atoms with E-state index >= 15 is 0 Å². The second-order valence-corrected chi connectivity index (χ2v) is 8.66. The third-order valence-electron chi connectivity index (χ3n) is 5.56. The van der Waals surface area contributed by atoms with E-state index in [0.717, 1.165) is 11.1 Å². The summed E-state index contributed by atoms with van der Waals surface area (Å²) in [5.74, 6) is 1.74. The van der Waals surface area contributed by atoms with Gasteiger partial charge in [-0.3, -0.25) is 9.59 Å². The van der Waals surface area contributed by atoms with Gasteiger partial charge in [0.2, 0.25) is 5.91 Å². The minimum atomic E-state index is -0.416. The van der Waals surface area contributed by atoms with Gasteiger partial charge in [0.05, 0.1) is 19.8 Å². The van der Waals surface area contributed by atoms with Crippen molar-refractivity contribution in [3.05, 3.63) is 75.1 Å². The Bertz CT molecular complexity index is 1240. The molecule has 8 heteroatoms. The fraction of sp³-hybridized carbons (Fsp3) is 0.292. The Balaban J connectivity index is 1.72. The summed E-state index contributed by atoms with van der Waals surface area (Å²) in [6.07, 6.45) is 0.162. The highest BCUT2D eigenvalue weighted by molar-refractivity contribution is 7.98. The SMILES string of the molecule is COc1ccc(C2CC(=O)Nc3c2c(=O)nc(SCc2cccc(C)c2)n3C)cc1OC. The fourth-order valence-electron chi connectivity index (χ4n) is 3.97. The monoisotopic (exact) mass is 451 g/mol.